The summed E-state index contributed by atoms with van der Waals surface area (Å²) >= 11 is 0. The molecule has 0 aliphatic carbocycles. The number of carbonyl (C=O) groups excluding carboxylic acids is 1. The van der Waals surface area contributed by atoms with Gasteiger partial charge in [-0.05, 0) is 49.2 Å². The normalized spacial score (nSPS) is 15.8. The second-order valence-electron chi connectivity index (χ2n) is 7.89. The van der Waals surface area contributed by atoms with Gasteiger partial charge in [-0.25, -0.2) is 8.42 Å². The molecule has 0 aromatic heterocycles. The molecule has 0 saturated carbocycles. The molecule has 2 aromatic rings. The van der Waals surface area contributed by atoms with Gasteiger partial charge in [0.15, 0.2) is 11.5 Å². The number of anilines is 1. The number of hydrogen-bond donors (Lipinski definition) is 1. The first-order valence-corrected chi connectivity index (χ1v) is 12.2. The first-order valence-electron chi connectivity index (χ1n) is 10.3. The predicted octanol–water partition coefficient (Wildman–Crippen LogP) is 2.09. The van der Waals surface area contributed by atoms with Crippen LogP contribution in [0.1, 0.15) is 24.0 Å². The van der Waals surface area contributed by atoms with Gasteiger partial charge in [0.1, 0.15) is 6.54 Å². The minimum Gasteiger partial charge on any atom is -0.454 e. The number of nitrogens with zero attached hydrogens (tertiary/aromatic N) is 2. The molecule has 4 rings (SSSR count). The number of rotatable bonds is 8. The zero-order valence-corrected chi connectivity index (χ0v) is 18.4. The molecule has 2 heterocycles. The van der Waals surface area contributed by atoms with E-state index < -0.39 is 10.0 Å². The van der Waals surface area contributed by atoms with Crippen LogP contribution in [-0.4, -0.2) is 51.9 Å². The fourth-order valence-electron chi connectivity index (χ4n) is 3.86. The summed E-state index contributed by atoms with van der Waals surface area (Å²) in [5, 5.41) is 2.83. The number of hydrogen-bond acceptors (Lipinski definition) is 6. The molecule has 2 aliphatic heterocycles. The second kappa shape index (κ2) is 9.15. The van der Waals surface area contributed by atoms with E-state index in [2.05, 4.69) is 22.3 Å². The molecule has 0 unspecified atom stereocenters. The number of sulfonamides is 1. The summed E-state index contributed by atoms with van der Waals surface area (Å²) in [5.74, 6) is 0.630. The Labute approximate surface area is 182 Å². The van der Waals surface area contributed by atoms with E-state index in [-0.39, 0.29) is 19.2 Å². The summed E-state index contributed by atoms with van der Waals surface area (Å²) in [4.78, 5) is 15.0. The molecule has 0 spiro atoms. The molecule has 0 bridgehead atoms. The van der Waals surface area contributed by atoms with E-state index in [1.54, 1.807) is 18.2 Å². The van der Waals surface area contributed by atoms with Gasteiger partial charge in [0.05, 0.1) is 11.9 Å². The van der Waals surface area contributed by atoms with Crippen LogP contribution in [-0.2, 0) is 27.9 Å². The maximum atomic E-state index is 12.6. The van der Waals surface area contributed by atoms with Crippen molar-refractivity contribution < 1.29 is 22.7 Å². The van der Waals surface area contributed by atoms with Gasteiger partial charge in [0.2, 0.25) is 22.7 Å². The van der Waals surface area contributed by atoms with Crippen LogP contribution in [0, 0.1) is 0 Å². The lowest BCUT2D eigenvalue weighted by atomic mass is 10.1. The summed E-state index contributed by atoms with van der Waals surface area (Å²) in [6.45, 7) is 3.28. The van der Waals surface area contributed by atoms with Crippen molar-refractivity contribution in [1.29, 1.82) is 0 Å². The molecule has 1 amide bonds. The Morgan fingerprint density at radius 2 is 1.81 bits per heavy atom. The Balaban J connectivity index is 1.38. The third kappa shape index (κ3) is 5.48. The molecule has 1 N–H and O–H groups in total. The number of nitrogens with one attached hydrogen (secondary N) is 1. The second-order valence-corrected chi connectivity index (χ2v) is 9.79. The number of ether oxygens (including phenoxy) is 2. The van der Waals surface area contributed by atoms with Crippen molar-refractivity contribution in [3.05, 3.63) is 53.6 Å². The molecule has 1 fully saturated rings. The Bertz CT molecular complexity index is 1050. The van der Waals surface area contributed by atoms with E-state index in [0.717, 1.165) is 35.8 Å². The van der Waals surface area contributed by atoms with E-state index in [1.807, 2.05) is 12.1 Å². The highest BCUT2D eigenvalue weighted by atomic mass is 32.2. The maximum Gasteiger partial charge on any atom is 0.241 e. The van der Waals surface area contributed by atoms with Crippen LogP contribution in [0.5, 0.6) is 11.5 Å². The van der Waals surface area contributed by atoms with Crippen molar-refractivity contribution >= 4 is 21.6 Å². The summed E-state index contributed by atoms with van der Waals surface area (Å²) in [5.41, 5.74) is 2.56. The number of likely N-dealkylation sites (tertiary alicyclic amines) is 1. The van der Waals surface area contributed by atoms with Crippen LogP contribution >= 0.6 is 0 Å². The zero-order valence-electron chi connectivity index (χ0n) is 17.5. The Morgan fingerprint density at radius 3 is 2.58 bits per heavy atom. The average Bonchev–Trinajstić information content (AvgIpc) is 3.41. The minimum atomic E-state index is -3.66. The van der Waals surface area contributed by atoms with Gasteiger partial charge in [-0.15, -0.1) is 0 Å². The van der Waals surface area contributed by atoms with E-state index in [4.69, 9.17) is 9.47 Å². The van der Waals surface area contributed by atoms with E-state index in [1.165, 1.54) is 18.4 Å². The van der Waals surface area contributed by atoms with E-state index in [9.17, 15) is 13.2 Å². The molecular weight excluding hydrogens is 418 g/mol. The highest BCUT2D eigenvalue weighted by molar-refractivity contribution is 7.92. The predicted molar refractivity (Wildman–Crippen MR) is 118 cm³/mol. The summed E-state index contributed by atoms with van der Waals surface area (Å²) in [7, 11) is -3.66. The Morgan fingerprint density at radius 1 is 1.06 bits per heavy atom. The highest BCUT2D eigenvalue weighted by Gasteiger charge is 2.23. The van der Waals surface area contributed by atoms with Crippen LogP contribution in [0.3, 0.4) is 0 Å². The van der Waals surface area contributed by atoms with Crippen molar-refractivity contribution in [1.82, 2.24) is 10.2 Å². The molecule has 1 saturated heterocycles. The maximum absolute atomic E-state index is 12.6. The molecule has 2 aromatic carbocycles. The van der Waals surface area contributed by atoms with E-state index in [0.29, 0.717) is 23.7 Å². The van der Waals surface area contributed by atoms with Gasteiger partial charge in [-0.1, -0.05) is 24.3 Å². The van der Waals surface area contributed by atoms with Crippen molar-refractivity contribution in [2.75, 3.05) is 37.0 Å². The van der Waals surface area contributed by atoms with Crippen LogP contribution in [0.25, 0.3) is 0 Å². The molecule has 8 nitrogen and oxygen atoms in total. The smallest absolute Gasteiger partial charge is 0.241 e. The molecule has 2 aliphatic rings. The fraction of sp³-hybridized carbons (Fsp3) is 0.409. The zero-order chi connectivity index (χ0) is 21.8. The number of amides is 1. The SMILES string of the molecule is CS(=O)(=O)N(CC(=O)NCc1cccc(CN2CCCC2)c1)c1ccc2c(c1)OCO2. The molecule has 9 heteroatoms. The Hall–Kier alpha value is -2.78. The summed E-state index contributed by atoms with van der Waals surface area (Å²) in [6, 6.07) is 12.9. The van der Waals surface area contributed by atoms with Crippen LogP contribution < -0.4 is 19.1 Å². The van der Waals surface area contributed by atoms with Crippen molar-refractivity contribution in [2.45, 2.75) is 25.9 Å². The van der Waals surface area contributed by atoms with Crippen LogP contribution in [0.2, 0.25) is 0 Å². The van der Waals surface area contributed by atoms with Gasteiger partial charge >= 0.3 is 0 Å². The van der Waals surface area contributed by atoms with Crippen LogP contribution in [0.15, 0.2) is 42.5 Å². The topological polar surface area (TPSA) is 88.2 Å². The minimum absolute atomic E-state index is 0.0922. The molecule has 166 valence electrons. The molecule has 31 heavy (non-hydrogen) atoms. The highest BCUT2D eigenvalue weighted by Crippen LogP contribution is 2.36. The van der Waals surface area contributed by atoms with Crippen molar-refractivity contribution in [2.24, 2.45) is 0 Å². The van der Waals surface area contributed by atoms with Gasteiger partial charge < -0.3 is 14.8 Å². The van der Waals surface area contributed by atoms with E-state index >= 15 is 0 Å². The number of carbonyl (C=O) groups is 1. The van der Waals surface area contributed by atoms with Gasteiger partial charge in [-0.2, -0.15) is 0 Å². The lowest BCUT2D eigenvalue weighted by Gasteiger charge is -2.22. The standard InChI is InChI=1S/C22H27N3O5S/c1-31(27,28)25(19-7-8-20-21(12-19)30-16-29-20)15-22(26)23-13-17-5-4-6-18(11-17)14-24-9-2-3-10-24/h4-8,11-12H,2-3,9-10,13-16H2,1H3,(H,23,26). The van der Waals surface area contributed by atoms with Gasteiger partial charge in [0, 0.05) is 19.2 Å². The van der Waals surface area contributed by atoms with Crippen molar-refractivity contribution in [3.8, 4) is 11.5 Å². The van der Waals surface area contributed by atoms with Crippen molar-refractivity contribution in [3.63, 3.8) is 0 Å². The average molecular weight is 446 g/mol. The third-order valence-electron chi connectivity index (χ3n) is 5.42. The lowest BCUT2D eigenvalue weighted by Crippen LogP contribution is -2.40. The number of fused-ring (bicyclic) bond motifs is 1. The lowest BCUT2D eigenvalue weighted by molar-refractivity contribution is -0.119. The Kier molecular flexibility index (Phi) is 6.33. The van der Waals surface area contributed by atoms with Crippen LogP contribution in [0.4, 0.5) is 5.69 Å². The summed E-state index contributed by atoms with van der Waals surface area (Å²) in [6.07, 6.45) is 3.57. The third-order valence-corrected chi connectivity index (χ3v) is 6.56. The molecule has 0 radical (unpaired) electrons. The largest absolute Gasteiger partial charge is 0.454 e. The molecular formula is C22H27N3O5S. The van der Waals surface area contributed by atoms with Gasteiger partial charge in [-0.3, -0.25) is 14.0 Å². The first kappa shape index (κ1) is 21.5. The fourth-order valence-corrected chi connectivity index (χ4v) is 4.71. The van der Waals surface area contributed by atoms with Gasteiger partial charge in [0.25, 0.3) is 0 Å². The number of benzene rings is 2. The first-order chi connectivity index (χ1) is 14.9. The quantitative estimate of drug-likeness (QED) is 0.670. The monoisotopic (exact) mass is 445 g/mol. The molecule has 0 atom stereocenters. The summed E-state index contributed by atoms with van der Waals surface area (Å²) < 4.78 is 36.3.